The molecular formula is C44H31BO. The van der Waals surface area contributed by atoms with Gasteiger partial charge in [-0.2, -0.15) is 0 Å². The summed E-state index contributed by atoms with van der Waals surface area (Å²) in [6.45, 7) is 6.26. The number of hydrogen-bond donors (Lipinski definition) is 0. The summed E-state index contributed by atoms with van der Waals surface area (Å²) in [4.78, 5) is 0. The van der Waals surface area contributed by atoms with Gasteiger partial charge in [-0.1, -0.05) is 146 Å². The Hall–Kier alpha value is -5.60. The molecule has 0 aliphatic heterocycles. The standard InChI is InChI=1S/C44H31BO/c1-3-4-16-34-28(2)41(32-15-9-14-31(27-32)29-23-25-33(45)26-24-29)36-18-7-8-19-37(36)42(34)38-20-11-22-40-43(38)39-21-10-13-30-12-5-6-17-35(30)44(39)46-40/h3-20,22-27H,1,21H2,2H3/b16-4-. The van der Waals surface area contributed by atoms with Gasteiger partial charge in [-0.05, 0) is 86.3 Å². The summed E-state index contributed by atoms with van der Waals surface area (Å²) in [6, 6.07) is 40.7. The van der Waals surface area contributed by atoms with Gasteiger partial charge in [0.1, 0.15) is 19.2 Å². The van der Waals surface area contributed by atoms with E-state index in [0.29, 0.717) is 0 Å². The summed E-state index contributed by atoms with van der Waals surface area (Å²) < 4.78 is 6.70. The molecule has 2 heteroatoms. The Morgan fingerprint density at radius 2 is 1.43 bits per heavy atom. The summed E-state index contributed by atoms with van der Waals surface area (Å²) >= 11 is 0. The maximum atomic E-state index is 6.70. The lowest BCUT2D eigenvalue weighted by molar-refractivity contribution is 0.628. The number of fused-ring (bicyclic) bond motifs is 6. The molecule has 0 fully saturated rings. The van der Waals surface area contributed by atoms with Gasteiger partial charge >= 0.3 is 0 Å². The highest BCUT2D eigenvalue weighted by molar-refractivity contribution is 6.32. The molecule has 0 bridgehead atoms. The SMILES string of the molecule is [B]c1ccc(-c2cccc(-c3c(C)c(/C=C\C=C)c(-c4cccc5oc6c(c45)CC=Cc4ccccc4-6)c4ccccc34)c2)cc1. The molecule has 216 valence electrons. The Labute approximate surface area is 271 Å². The van der Waals surface area contributed by atoms with Crippen LogP contribution in [0.1, 0.15) is 22.3 Å². The first-order valence-electron chi connectivity index (χ1n) is 15.7. The second kappa shape index (κ2) is 11.4. The maximum absolute atomic E-state index is 6.70. The Kier molecular flexibility index (Phi) is 6.92. The Morgan fingerprint density at radius 3 is 2.26 bits per heavy atom. The van der Waals surface area contributed by atoms with Crippen LogP contribution in [0.3, 0.4) is 0 Å². The lowest BCUT2D eigenvalue weighted by Crippen LogP contribution is -1.99. The van der Waals surface area contributed by atoms with Crippen molar-refractivity contribution < 1.29 is 4.42 Å². The predicted octanol–water partition coefficient (Wildman–Crippen LogP) is 11.1. The van der Waals surface area contributed by atoms with Crippen molar-refractivity contribution in [3.05, 3.63) is 162 Å². The molecule has 1 aliphatic carbocycles. The summed E-state index contributed by atoms with van der Waals surface area (Å²) in [5.74, 6) is 0.961. The van der Waals surface area contributed by atoms with E-state index < -0.39 is 0 Å². The average molecular weight is 587 g/mol. The molecule has 7 aromatic rings. The fraction of sp³-hybridized carbons (Fsp3) is 0.0455. The molecule has 1 aromatic heterocycles. The van der Waals surface area contributed by atoms with E-state index in [4.69, 9.17) is 12.3 Å². The molecule has 0 N–H and O–H groups in total. The van der Waals surface area contributed by atoms with Crippen LogP contribution in [0.4, 0.5) is 0 Å². The first kappa shape index (κ1) is 27.9. The minimum atomic E-state index is 0.765. The molecule has 0 atom stereocenters. The first-order chi connectivity index (χ1) is 22.6. The number of hydrogen-bond acceptors (Lipinski definition) is 1. The molecule has 8 rings (SSSR count). The van der Waals surface area contributed by atoms with Crippen molar-refractivity contribution in [1.29, 1.82) is 0 Å². The lowest BCUT2D eigenvalue weighted by atomic mass is 9.82. The van der Waals surface area contributed by atoms with Gasteiger partial charge in [0, 0.05) is 16.5 Å². The van der Waals surface area contributed by atoms with Crippen LogP contribution in [-0.4, -0.2) is 7.85 Å². The lowest BCUT2D eigenvalue weighted by Gasteiger charge is -2.21. The van der Waals surface area contributed by atoms with Crippen molar-refractivity contribution in [3.8, 4) is 44.7 Å². The highest BCUT2D eigenvalue weighted by Gasteiger charge is 2.25. The molecule has 1 aliphatic rings. The smallest absolute Gasteiger partial charge is 0.139 e. The Bertz CT molecular complexity index is 2370. The number of allylic oxidation sites excluding steroid dienone is 3. The van der Waals surface area contributed by atoms with Crippen LogP contribution in [0.25, 0.3) is 78.6 Å². The van der Waals surface area contributed by atoms with Gasteiger partial charge in [0.15, 0.2) is 0 Å². The molecule has 6 aromatic carbocycles. The van der Waals surface area contributed by atoms with E-state index in [1.165, 1.54) is 60.7 Å². The van der Waals surface area contributed by atoms with Crippen LogP contribution in [0.2, 0.25) is 0 Å². The number of benzene rings is 6. The quantitative estimate of drug-likeness (QED) is 0.144. The Balaban J connectivity index is 1.43. The van der Waals surface area contributed by atoms with E-state index in [1.54, 1.807) is 0 Å². The molecule has 0 spiro atoms. The van der Waals surface area contributed by atoms with Crippen molar-refractivity contribution in [2.75, 3.05) is 0 Å². The van der Waals surface area contributed by atoms with Gasteiger partial charge in [-0.25, -0.2) is 0 Å². The van der Waals surface area contributed by atoms with E-state index in [0.717, 1.165) is 39.9 Å². The molecule has 1 nitrogen and oxygen atoms in total. The maximum Gasteiger partial charge on any atom is 0.139 e. The van der Waals surface area contributed by atoms with Gasteiger partial charge < -0.3 is 4.42 Å². The summed E-state index contributed by atoms with van der Waals surface area (Å²) in [5.41, 5.74) is 14.7. The van der Waals surface area contributed by atoms with Crippen molar-refractivity contribution in [1.82, 2.24) is 0 Å². The molecule has 0 saturated heterocycles. The predicted molar refractivity (Wildman–Crippen MR) is 198 cm³/mol. The zero-order valence-electron chi connectivity index (χ0n) is 25.8. The van der Waals surface area contributed by atoms with Gasteiger partial charge in [0.05, 0.1) is 0 Å². The van der Waals surface area contributed by atoms with Crippen LogP contribution in [-0.2, 0) is 6.42 Å². The normalized spacial score (nSPS) is 12.4. The van der Waals surface area contributed by atoms with Crippen LogP contribution in [0, 0.1) is 6.92 Å². The van der Waals surface area contributed by atoms with E-state index in [-0.39, 0.29) is 0 Å². The van der Waals surface area contributed by atoms with Gasteiger partial charge in [0.25, 0.3) is 0 Å². The largest absolute Gasteiger partial charge is 0.456 e. The van der Waals surface area contributed by atoms with E-state index in [1.807, 2.05) is 24.3 Å². The van der Waals surface area contributed by atoms with E-state index >= 15 is 0 Å². The minimum Gasteiger partial charge on any atom is -0.456 e. The highest BCUT2D eigenvalue weighted by atomic mass is 16.3. The van der Waals surface area contributed by atoms with E-state index in [9.17, 15) is 0 Å². The zero-order chi connectivity index (χ0) is 31.2. The fourth-order valence-corrected chi connectivity index (χ4v) is 7.14. The first-order valence-corrected chi connectivity index (χ1v) is 15.7. The summed E-state index contributed by atoms with van der Waals surface area (Å²) in [6.07, 6.45) is 11.4. The van der Waals surface area contributed by atoms with Crippen LogP contribution >= 0.6 is 0 Å². The van der Waals surface area contributed by atoms with Crippen LogP contribution in [0.15, 0.2) is 144 Å². The summed E-state index contributed by atoms with van der Waals surface area (Å²) in [7, 11) is 6.00. The summed E-state index contributed by atoms with van der Waals surface area (Å²) in [5, 5.41) is 3.60. The average Bonchev–Trinajstić information content (AvgIpc) is 3.36. The van der Waals surface area contributed by atoms with Gasteiger partial charge in [-0.3, -0.25) is 0 Å². The van der Waals surface area contributed by atoms with Gasteiger partial charge in [-0.15, -0.1) is 0 Å². The molecule has 0 saturated carbocycles. The zero-order valence-corrected chi connectivity index (χ0v) is 25.8. The molecular weight excluding hydrogens is 555 g/mol. The van der Waals surface area contributed by atoms with Gasteiger partial charge in [0.2, 0.25) is 0 Å². The van der Waals surface area contributed by atoms with E-state index in [2.05, 4.69) is 135 Å². The molecule has 0 amide bonds. The molecule has 1 heterocycles. The fourth-order valence-electron chi connectivity index (χ4n) is 7.14. The van der Waals surface area contributed by atoms with Crippen LogP contribution < -0.4 is 5.46 Å². The third-order valence-electron chi connectivity index (χ3n) is 9.22. The molecule has 0 unspecified atom stereocenters. The third kappa shape index (κ3) is 4.57. The number of rotatable bonds is 5. The molecule has 2 radical (unpaired) electrons. The second-order valence-electron chi connectivity index (χ2n) is 11.9. The van der Waals surface area contributed by atoms with Crippen molar-refractivity contribution in [2.45, 2.75) is 13.3 Å². The second-order valence-corrected chi connectivity index (χ2v) is 11.9. The topological polar surface area (TPSA) is 13.1 Å². The van der Waals surface area contributed by atoms with Crippen molar-refractivity contribution in [3.63, 3.8) is 0 Å². The Morgan fingerprint density at radius 1 is 0.717 bits per heavy atom. The highest BCUT2D eigenvalue weighted by Crippen LogP contribution is 2.48. The van der Waals surface area contributed by atoms with Crippen molar-refractivity contribution in [2.24, 2.45) is 0 Å². The number of furan rings is 1. The molecule has 46 heavy (non-hydrogen) atoms. The van der Waals surface area contributed by atoms with Crippen LogP contribution in [0.5, 0.6) is 0 Å². The van der Waals surface area contributed by atoms with Crippen molar-refractivity contribution >= 4 is 47.2 Å². The monoisotopic (exact) mass is 586 g/mol. The minimum absolute atomic E-state index is 0.765. The third-order valence-corrected chi connectivity index (χ3v) is 9.22.